The van der Waals surface area contributed by atoms with E-state index in [-0.39, 0.29) is 55.6 Å². The molecule has 434 valence electrons. The summed E-state index contributed by atoms with van der Waals surface area (Å²) in [6, 6.07) is 40.5. The van der Waals surface area contributed by atoms with Crippen LogP contribution in [0.3, 0.4) is 0 Å². The van der Waals surface area contributed by atoms with Gasteiger partial charge in [-0.1, -0.05) is 161 Å². The SMILES string of the molecule is Cc1cc2c(cc1N1c3sc4cc5c(cc4c3B3c4c(cc6c(c41)C(C)(C)c1ccccc1-6)-c1c(ccc4c1oc1cc6c(cc14)C(C)(C)CCC6(C)C)N3c1ccc3c(c1)C(C)(C)CCC3(C)C)C(C)(C)CCC5(C)C)C(C)(C)CCC2(C)C. The van der Waals surface area contributed by atoms with Crippen LogP contribution in [-0.4, -0.2) is 6.85 Å². The first kappa shape index (κ1) is 54.4. The van der Waals surface area contributed by atoms with Crippen LogP contribution in [0, 0.1) is 6.92 Å². The summed E-state index contributed by atoms with van der Waals surface area (Å²) in [5.74, 6) is 0. The molecular formula is C80H89BN2OS. The van der Waals surface area contributed by atoms with E-state index in [1.165, 1.54) is 175 Å². The fourth-order valence-corrected chi connectivity index (χ4v) is 19.7. The third kappa shape index (κ3) is 7.14. The Morgan fingerprint density at radius 1 is 0.424 bits per heavy atom. The fraction of sp³-hybridized carbons (Fsp3) is 0.450. The Balaban J connectivity index is 1.11. The highest BCUT2D eigenvalue weighted by molar-refractivity contribution is 7.26. The lowest BCUT2D eigenvalue weighted by atomic mass is 9.43. The molecule has 16 rings (SSSR count). The second kappa shape index (κ2) is 16.6. The summed E-state index contributed by atoms with van der Waals surface area (Å²) in [6.07, 6.45) is 9.35. The molecule has 2 aromatic heterocycles. The van der Waals surface area contributed by atoms with Crippen LogP contribution in [0.25, 0.3) is 54.3 Å². The van der Waals surface area contributed by atoms with Crippen molar-refractivity contribution in [3.63, 3.8) is 0 Å². The molecule has 0 saturated carbocycles. The molecule has 0 saturated heterocycles. The summed E-state index contributed by atoms with van der Waals surface area (Å²) >= 11 is 2.06. The number of hydrogen-bond donors (Lipinski definition) is 0. The predicted octanol–water partition coefficient (Wildman–Crippen LogP) is 21.5. The standard InChI is InChI=1S/C80H89BN2OS/c1-44-36-54-58(77(12,13)33-30-73(54,4)5)41-62(44)82-69-66-49(46-22-20-21-23-52(46)80(66,18)19)38-51-65-61(27-25-47-48-39-56-59(42-63(48)84-70(47)65)78(14,15)34-31-75(56,8)9)83(45-24-26-53-55(37-45)74(6,7)29-28-72(53,2)3)81(67(51)69)68-50-40-57-60(43-64(50)85-71(68)82)79(16,17)35-32-76(57,10)11/h20-27,36-43H,28-35H2,1-19H3. The van der Waals surface area contributed by atoms with Crippen molar-refractivity contribution in [1.82, 2.24) is 0 Å². The number of rotatable bonds is 2. The van der Waals surface area contributed by atoms with Gasteiger partial charge in [-0.3, -0.25) is 0 Å². The smallest absolute Gasteiger partial charge is 0.334 e. The van der Waals surface area contributed by atoms with E-state index in [1.54, 1.807) is 0 Å². The summed E-state index contributed by atoms with van der Waals surface area (Å²) in [7, 11) is 0. The van der Waals surface area contributed by atoms with Crippen LogP contribution in [0.1, 0.15) is 237 Å². The molecule has 5 heteroatoms. The number of furan rings is 1. The summed E-state index contributed by atoms with van der Waals surface area (Å²) in [5, 5.41) is 5.21. The van der Waals surface area contributed by atoms with E-state index >= 15 is 0 Å². The Morgan fingerprint density at radius 3 is 1.55 bits per heavy atom. The molecule has 5 aliphatic carbocycles. The van der Waals surface area contributed by atoms with E-state index in [0.29, 0.717) is 0 Å². The van der Waals surface area contributed by atoms with Crippen molar-refractivity contribution in [1.29, 1.82) is 0 Å². The number of hydrogen-bond acceptors (Lipinski definition) is 4. The average Bonchev–Trinajstić information content (AvgIpc) is 1.71. The molecule has 0 bridgehead atoms. The Morgan fingerprint density at radius 2 is 0.941 bits per heavy atom. The lowest BCUT2D eigenvalue weighted by Gasteiger charge is -2.48. The molecular weight excluding hydrogens is 1050 g/mol. The lowest BCUT2D eigenvalue weighted by Crippen LogP contribution is -2.61. The van der Waals surface area contributed by atoms with E-state index in [2.05, 4.69) is 250 Å². The van der Waals surface area contributed by atoms with Crippen molar-refractivity contribution in [2.24, 2.45) is 0 Å². The van der Waals surface area contributed by atoms with Gasteiger partial charge >= 0.3 is 6.85 Å². The maximum absolute atomic E-state index is 7.75. The molecule has 0 N–H and O–H groups in total. The van der Waals surface area contributed by atoms with Gasteiger partial charge in [0.2, 0.25) is 0 Å². The second-order valence-corrected chi connectivity index (χ2v) is 35.0. The molecule has 0 atom stereocenters. The second-order valence-electron chi connectivity index (χ2n) is 33.9. The summed E-state index contributed by atoms with van der Waals surface area (Å²) in [6.45, 7) is 47.2. The molecule has 0 fully saturated rings. The van der Waals surface area contributed by atoms with Crippen molar-refractivity contribution in [3.8, 4) is 22.3 Å². The van der Waals surface area contributed by atoms with Crippen molar-refractivity contribution in [3.05, 3.63) is 158 Å². The largest absolute Gasteiger partial charge is 0.455 e. The van der Waals surface area contributed by atoms with Crippen LogP contribution in [0.4, 0.5) is 27.8 Å². The van der Waals surface area contributed by atoms with E-state index in [4.69, 9.17) is 4.42 Å². The van der Waals surface area contributed by atoms with Gasteiger partial charge in [-0.15, -0.1) is 11.3 Å². The zero-order chi connectivity index (χ0) is 59.8. The number of aryl methyl sites for hydroxylation is 1. The average molecular weight is 1140 g/mol. The Bertz CT molecular complexity index is 4500. The van der Waals surface area contributed by atoms with Crippen molar-refractivity contribution in [2.75, 3.05) is 9.71 Å². The minimum absolute atomic E-state index is 0.00982. The monoisotopic (exact) mass is 1140 g/mol. The molecule has 2 aliphatic heterocycles. The predicted molar refractivity (Wildman–Crippen MR) is 366 cm³/mol. The van der Waals surface area contributed by atoms with Gasteiger partial charge in [-0.25, -0.2) is 0 Å². The van der Waals surface area contributed by atoms with Gasteiger partial charge in [0.15, 0.2) is 0 Å². The topological polar surface area (TPSA) is 19.6 Å². The fourth-order valence-electron chi connectivity index (χ4n) is 18.4. The molecule has 0 unspecified atom stereocenters. The molecule has 0 spiro atoms. The van der Waals surface area contributed by atoms with Crippen LogP contribution in [0.2, 0.25) is 0 Å². The van der Waals surface area contributed by atoms with Crippen molar-refractivity contribution in [2.45, 2.75) is 232 Å². The first-order valence-electron chi connectivity index (χ1n) is 32.6. The van der Waals surface area contributed by atoms with Crippen LogP contribution in [0.15, 0.2) is 101 Å². The van der Waals surface area contributed by atoms with E-state index < -0.39 is 0 Å². The van der Waals surface area contributed by atoms with Crippen molar-refractivity contribution >= 4 is 88.9 Å². The molecule has 7 aliphatic rings. The third-order valence-electron chi connectivity index (χ3n) is 24.4. The summed E-state index contributed by atoms with van der Waals surface area (Å²) in [4.78, 5) is 5.73. The van der Waals surface area contributed by atoms with E-state index in [1.807, 2.05) is 0 Å². The number of anilines is 5. The number of fused-ring (bicyclic) bond motifs is 18. The summed E-state index contributed by atoms with van der Waals surface area (Å²) < 4.78 is 9.15. The minimum Gasteiger partial charge on any atom is -0.455 e. The van der Waals surface area contributed by atoms with Crippen LogP contribution >= 0.6 is 11.3 Å². The Kier molecular flexibility index (Phi) is 10.6. The van der Waals surface area contributed by atoms with Crippen LogP contribution in [0.5, 0.6) is 0 Å². The molecule has 9 aromatic rings. The van der Waals surface area contributed by atoms with Gasteiger partial charge in [-0.2, -0.15) is 0 Å². The van der Waals surface area contributed by atoms with E-state index in [9.17, 15) is 0 Å². The first-order chi connectivity index (χ1) is 39.7. The highest BCUT2D eigenvalue weighted by Crippen LogP contribution is 2.63. The number of benzene rings is 7. The molecule has 0 amide bonds. The van der Waals surface area contributed by atoms with Crippen LogP contribution in [-0.2, 0) is 48.7 Å². The maximum Gasteiger partial charge on any atom is 0.334 e. The first-order valence-corrected chi connectivity index (χ1v) is 33.4. The summed E-state index contributed by atoms with van der Waals surface area (Å²) in [5.41, 5.74) is 31.4. The number of thiophene rings is 1. The molecule has 85 heavy (non-hydrogen) atoms. The van der Waals surface area contributed by atoms with Gasteiger partial charge in [0.1, 0.15) is 11.2 Å². The highest BCUT2D eigenvalue weighted by Gasteiger charge is 2.54. The highest BCUT2D eigenvalue weighted by atomic mass is 32.1. The molecule has 0 radical (unpaired) electrons. The zero-order valence-electron chi connectivity index (χ0n) is 54.7. The normalized spacial score (nSPS) is 22.0. The van der Waals surface area contributed by atoms with Gasteiger partial charge in [0.05, 0.1) is 10.7 Å². The quantitative estimate of drug-likeness (QED) is 0.161. The molecule has 7 aromatic carbocycles. The molecule has 3 nitrogen and oxygen atoms in total. The van der Waals surface area contributed by atoms with Gasteiger partial charge in [-0.05, 0) is 256 Å². The minimum atomic E-state index is -0.319. The van der Waals surface area contributed by atoms with Crippen molar-refractivity contribution < 1.29 is 4.42 Å². The van der Waals surface area contributed by atoms with Gasteiger partial charge < -0.3 is 14.1 Å². The number of nitrogens with zero attached hydrogens (tertiary/aromatic N) is 2. The zero-order valence-corrected chi connectivity index (χ0v) is 55.5. The maximum atomic E-state index is 7.75. The van der Waals surface area contributed by atoms with Gasteiger partial charge in [0.25, 0.3) is 0 Å². The Hall–Kier alpha value is -6.04. The Labute approximate surface area is 512 Å². The molecule has 4 heterocycles. The lowest BCUT2D eigenvalue weighted by molar-refractivity contribution is 0.332. The van der Waals surface area contributed by atoms with Gasteiger partial charge in [0, 0.05) is 43.5 Å². The van der Waals surface area contributed by atoms with Crippen LogP contribution < -0.4 is 20.6 Å². The third-order valence-corrected chi connectivity index (χ3v) is 25.6. The van der Waals surface area contributed by atoms with E-state index in [0.717, 1.165) is 30.4 Å².